The molecule has 0 fully saturated rings. The van der Waals surface area contributed by atoms with Crippen LogP contribution in [0.5, 0.6) is 0 Å². The Labute approximate surface area is 169 Å². The Bertz CT molecular complexity index is 903. The molecule has 0 aromatic heterocycles. The molecular formula is C18H16ClN3O7. The van der Waals surface area contributed by atoms with Crippen LogP contribution in [0.3, 0.4) is 0 Å². The molecule has 0 spiro atoms. The van der Waals surface area contributed by atoms with Crippen LogP contribution in [0.15, 0.2) is 48.5 Å². The van der Waals surface area contributed by atoms with E-state index >= 15 is 0 Å². The van der Waals surface area contributed by atoms with Crippen LogP contribution < -0.4 is 10.6 Å². The number of nitrogens with one attached hydrogen (secondary N) is 2. The molecule has 0 aliphatic carbocycles. The summed E-state index contributed by atoms with van der Waals surface area (Å²) in [6, 6.07) is 11.3. The summed E-state index contributed by atoms with van der Waals surface area (Å²) in [4.78, 5) is 45.6. The average Bonchev–Trinajstić information content (AvgIpc) is 2.71. The number of anilines is 1. The second-order valence-corrected chi connectivity index (χ2v) is 5.71. The number of rotatable bonds is 8. The van der Waals surface area contributed by atoms with Gasteiger partial charge in [-0.1, -0.05) is 23.7 Å². The van der Waals surface area contributed by atoms with Crippen molar-refractivity contribution in [3.8, 4) is 0 Å². The van der Waals surface area contributed by atoms with Gasteiger partial charge in [0.05, 0.1) is 16.2 Å². The molecule has 0 saturated heterocycles. The highest BCUT2D eigenvalue weighted by atomic mass is 35.5. The molecule has 0 heterocycles. The van der Waals surface area contributed by atoms with Crippen LogP contribution in [0.1, 0.15) is 15.9 Å². The van der Waals surface area contributed by atoms with Gasteiger partial charge in [0.15, 0.2) is 6.07 Å². The first-order chi connectivity index (χ1) is 13.9. The number of nitro groups is 1. The van der Waals surface area contributed by atoms with E-state index in [1.54, 1.807) is 12.1 Å². The zero-order valence-electron chi connectivity index (χ0n) is 14.9. The van der Waals surface area contributed by atoms with Gasteiger partial charge in [0.2, 0.25) is 5.91 Å². The highest BCUT2D eigenvalue weighted by Gasteiger charge is 2.15. The van der Waals surface area contributed by atoms with Crippen molar-refractivity contribution in [3.05, 3.63) is 69.8 Å². The molecule has 0 bridgehead atoms. The summed E-state index contributed by atoms with van der Waals surface area (Å²) in [5, 5.41) is 15.3. The Hall–Kier alpha value is -3.66. The van der Waals surface area contributed by atoms with Gasteiger partial charge in [0, 0.05) is 12.1 Å². The van der Waals surface area contributed by atoms with Crippen molar-refractivity contribution >= 4 is 40.9 Å². The topological polar surface area (TPSA) is 137 Å². The second-order valence-electron chi connectivity index (χ2n) is 5.49. The van der Waals surface area contributed by atoms with Crippen LogP contribution in [0.2, 0.25) is 0 Å². The maximum absolute atomic E-state index is 12.0. The van der Waals surface area contributed by atoms with Crippen molar-refractivity contribution in [2.75, 3.05) is 17.9 Å². The van der Waals surface area contributed by atoms with E-state index in [-0.39, 0.29) is 29.6 Å². The fraction of sp³-hybridized carbons (Fsp3) is 0.167. The second kappa shape index (κ2) is 10.6. The Morgan fingerprint density at radius 3 is 2.38 bits per heavy atom. The quantitative estimate of drug-likeness (QED) is 0.289. The van der Waals surface area contributed by atoms with E-state index in [9.17, 15) is 24.5 Å². The monoisotopic (exact) mass is 421 g/mol. The standard InChI is InChI=1S/C18H16ClN3O7/c19-11-29-17(24)14-3-1-2-4-15(14)21-16(23)9-20-18(25)28-10-12-5-7-13(8-6-12)22(26)27/h1-8H,9-11H2,(H,20,25)(H,21,23). The summed E-state index contributed by atoms with van der Waals surface area (Å²) in [5.41, 5.74) is 0.780. The number of halogens is 1. The summed E-state index contributed by atoms with van der Waals surface area (Å²) >= 11 is 5.36. The van der Waals surface area contributed by atoms with Crippen molar-refractivity contribution < 1.29 is 28.8 Å². The molecule has 2 aromatic rings. The molecule has 2 rings (SSSR count). The zero-order chi connectivity index (χ0) is 21.2. The first-order valence-electron chi connectivity index (χ1n) is 8.16. The number of benzene rings is 2. The first kappa shape index (κ1) is 21.6. The SMILES string of the molecule is O=C(CNC(=O)OCc1ccc([N+](=O)[O-])cc1)Nc1ccccc1C(=O)OCCl. The van der Waals surface area contributed by atoms with Gasteiger partial charge in [-0.15, -0.1) is 0 Å². The Balaban J connectivity index is 1.81. The number of non-ortho nitro benzene ring substituents is 1. The predicted octanol–water partition coefficient (Wildman–Crippen LogP) is 2.81. The molecule has 0 unspecified atom stereocenters. The third kappa shape index (κ3) is 6.78. The number of esters is 1. The number of alkyl carbamates (subject to hydrolysis) is 1. The van der Waals surface area contributed by atoms with Gasteiger partial charge in [0.25, 0.3) is 5.69 Å². The van der Waals surface area contributed by atoms with E-state index in [0.717, 1.165) is 0 Å². The number of carbonyl (C=O) groups is 3. The molecule has 0 saturated carbocycles. The number of ether oxygens (including phenoxy) is 2. The number of carbonyl (C=O) groups excluding carboxylic acids is 3. The third-order valence-electron chi connectivity index (χ3n) is 3.52. The molecule has 2 amide bonds. The lowest BCUT2D eigenvalue weighted by Crippen LogP contribution is -2.33. The molecule has 152 valence electrons. The number of hydrogen-bond acceptors (Lipinski definition) is 7. The third-order valence-corrected chi connectivity index (χ3v) is 3.63. The average molecular weight is 422 g/mol. The van der Waals surface area contributed by atoms with Crippen molar-refractivity contribution in [1.29, 1.82) is 0 Å². The fourth-order valence-corrected chi connectivity index (χ4v) is 2.26. The van der Waals surface area contributed by atoms with Gasteiger partial charge in [-0.2, -0.15) is 0 Å². The molecular weight excluding hydrogens is 406 g/mol. The van der Waals surface area contributed by atoms with Crippen molar-refractivity contribution in [2.24, 2.45) is 0 Å². The van der Waals surface area contributed by atoms with E-state index in [1.807, 2.05) is 0 Å². The van der Waals surface area contributed by atoms with E-state index in [0.29, 0.717) is 5.56 Å². The van der Waals surface area contributed by atoms with Gasteiger partial charge in [-0.3, -0.25) is 14.9 Å². The first-order valence-corrected chi connectivity index (χ1v) is 8.70. The minimum absolute atomic E-state index is 0.0786. The molecule has 2 aromatic carbocycles. The summed E-state index contributed by atoms with van der Waals surface area (Å²) in [6.45, 7) is -0.531. The predicted molar refractivity (Wildman–Crippen MR) is 102 cm³/mol. The van der Waals surface area contributed by atoms with E-state index in [4.69, 9.17) is 21.1 Å². The molecule has 29 heavy (non-hydrogen) atoms. The van der Waals surface area contributed by atoms with Crippen molar-refractivity contribution in [3.63, 3.8) is 0 Å². The Kier molecular flexibility index (Phi) is 7.92. The largest absolute Gasteiger partial charge is 0.446 e. The van der Waals surface area contributed by atoms with Crippen molar-refractivity contribution in [2.45, 2.75) is 6.61 Å². The molecule has 0 radical (unpaired) electrons. The highest BCUT2D eigenvalue weighted by Crippen LogP contribution is 2.16. The summed E-state index contributed by atoms with van der Waals surface area (Å²) in [5.74, 6) is -1.30. The fourth-order valence-electron chi connectivity index (χ4n) is 2.16. The number of amides is 2. The van der Waals surface area contributed by atoms with Gasteiger partial charge in [-0.05, 0) is 29.8 Å². The lowest BCUT2D eigenvalue weighted by atomic mass is 10.2. The van der Waals surface area contributed by atoms with Crippen LogP contribution in [-0.4, -0.2) is 35.5 Å². The Morgan fingerprint density at radius 2 is 1.72 bits per heavy atom. The van der Waals surface area contributed by atoms with Gasteiger partial charge in [0.1, 0.15) is 13.2 Å². The van der Waals surface area contributed by atoms with Gasteiger partial charge in [-0.25, -0.2) is 9.59 Å². The number of alkyl halides is 1. The van der Waals surface area contributed by atoms with E-state index in [1.165, 1.54) is 36.4 Å². The Morgan fingerprint density at radius 1 is 1.03 bits per heavy atom. The van der Waals surface area contributed by atoms with Crippen molar-refractivity contribution in [1.82, 2.24) is 5.32 Å². The molecule has 2 N–H and O–H groups in total. The maximum Gasteiger partial charge on any atom is 0.407 e. The number of para-hydroxylation sites is 1. The normalized spacial score (nSPS) is 9.97. The molecule has 11 heteroatoms. The minimum atomic E-state index is -0.853. The summed E-state index contributed by atoms with van der Waals surface area (Å²) in [6.07, 6.45) is -0.853. The zero-order valence-corrected chi connectivity index (χ0v) is 15.7. The lowest BCUT2D eigenvalue weighted by Gasteiger charge is -2.11. The summed E-state index contributed by atoms with van der Waals surface area (Å²) < 4.78 is 9.63. The highest BCUT2D eigenvalue weighted by molar-refractivity contribution is 6.18. The molecule has 0 atom stereocenters. The van der Waals surface area contributed by atoms with Gasteiger partial charge < -0.3 is 20.1 Å². The van der Waals surface area contributed by atoms with Gasteiger partial charge >= 0.3 is 12.1 Å². The van der Waals surface area contributed by atoms with Crippen LogP contribution in [0.25, 0.3) is 0 Å². The smallest absolute Gasteiger partial charge is 0.407 e. The van der Waals surface area contributed by atoms with Crippen LogP contribution in [-0.2, 0) is 20.9 Å². The number of hydrogen-bond donors (Lipinski definition) is 2. The summed E-state index contributed by atoms with van der Waals surface area (Å²) in [7, 11) is 0. The number of nitro benzene ring substituents is 1. The van der Waals surface area contributed by atoms with Crippen LogP contribution in [0, 0.1) is 10.1 Å². The van der Waals surface area contributed by atoms with E-state index in [2.05, 4.69) is 10.6 Å². The van der Waals surface area contributed by atoms with Crippen LogP contribution >= 0.6 is 11.6 Å². The maximum atomic E-state index is 12.0. The number of nitrogens with zero attached hydrogens (tertiary/aromatic N) is 1. The molecule has 10 nitrogen and oxygen atoms in total. The lowest BCUT2D eigenvalue weighted by molar-refractivity contribution is -0.384. The minimum Gasteiger partial charge on any atom is -0.446 e. The molecule has 0 aliphatic rings. The van der Waals surface area contributed by atoms with E-state index < -0.39 is 29.4 Å². The van der Waals surface area contributed by atoms with Crippen LogP contribution in [0.4, 0.5) is 16.2 Å². The molecule has 0 aliphatic heterocycles.